The summed E-state index contributed by atoms with van der Waals surface area (Å²) in [4.78, 5) is 39.6. The Labute approximate surface area is 155 Å². The zero-order chi connectivity index (χ0) is 19.1. The van der Waals surface area contributed by atoms with Gasteiger partial charge in [-0.3, -0.25) is 19.7 Å². The van der Waals surface area contributed by atoms with Crippen molar-refractivity contribution in [2.24, 2.45) is 0 Å². The Morgan fingerprint density at radius 2 is 1.63 bits per heavy atom. The second kappa shape index (κ2) is 8.57. The van der Waals surface area contributed by atoms with Crippen LogP contribution in [0.1, 0.15) is 16.1 Å². The van der Waals surface area contributed by atoms with Crippen molar-refractivity contribution >= 4 is 17.8 Å². The highest BCUT2D eigenvalue weighted by Gasteiger charge is 2.15. The number of nitrogens with one attached hydrogen (secondary N) is 1. The van der Waals surface area contributed by atoms with Crippen LogP contribution in [0.5, 0.6) is 0 Å². The average Bonchev–Trinajstić information content (AvgIpc) is 3.16. The number of imide groups is 1. The van der Waals surface area contributed by atoms with Crippen molar-refractivity contribution < 1.29 is 23.5 Å². The molecule has 0 spiro atoms. The zero-order valence-electron chi connectivity index (χ0n) is 14.3. The Bertz CT molecular complexity index is 935. The molecule has 0 aliphatic heterocycles. The molecule has 3 aromatic rings. The number of carbonyl (C=O) groups excluding carboxylic acids is 3. The number of rotatable bonds is 6. The van der Waals surface area contributed by atoms with E-state index in [0.29, 0.717) is 17.1 Å². The highest BCUT2D eigenvalue weighted by molar-refractivity contribution is 6.05. The first-order chi connectivity index (χ1) is 13.1. The number of esters is 1. The van der Waals surface area contributed by atoms with E-state index in [-0.39, 0.29) is 6.42 Å². The van der Waals surface area contributed by atoms with E-state index in [1.54, 1.807) is 30.3 Å². The molecule has 27 heavy (non-hydrogen) atoms. The number of aromatic nitrogens is 1. The molecule has 0 atom stereocenters. The lowest BCUT2D eigenvalue weighted by Crippen LogP contribution is -2.34. The maximum atomic E-state index is 11.8. The molecule has 0 fully saturated rings. The first-order valence-electron chi connectivity index (χ1n) is 8.16. The van der Waals surface area contributed by atoms with Crippen LogP contribution in [-0.2, 0) is 20.7 Å². The molecule has 7 nitrogen and oxygen atoms in total. The molecule has 3 rings (SSSR count). The molecule has 1 aromatic heterocycles. The van der Waals surface area contributed by atoms with Gasteiger partial charge in [0.25, 0.3) is 11.8 Å². The summed E-state index contributed by atoms with van der Waals surface area (Å²) < 4.78 is 10.2. The number of oxazole rings is 1. The monoisotopic (exact) mass is 364 g/mol. The van der Waals surface area contributed by atoms with E-state index < -0.39 is 24.4 Å². The van der Waals surface area contributed by atoms with Crippen LogP contribution in [-0.4, -0.2) is 29.4 Å². The third-order valence-electron chi connectivity index (χ3n) is 3.55. The number of benzene rings is 2. The lowest BCUT2D eigenvalue weighted by Gasteiger charge is -2.05. The van der Waals surface area contributed by atoms with Crippen LogP contribution < -0.4 is 5.32 Å². The third kappa shape index (κ3) is 5.12. The largest absolute Gasteiger partial charge is 0.455 e. The summed E-state index contributed by atoms with van der Waals surface area (Å²) in [5, 5.41) is 2.15. The molecule has 0 saturated carbocycles. The van der Waals surface area contributed by atoms with E-state index in [1.165, 1.54) is 6.26 Å². The van der Waals surface area contributed by atoms with Crippen molar-refractivity contribution in [2.45, 2.75) is 6.42 Å². The zero-order valence-corrected chi connectivity index (χ0v) is 14.3. The van der Waals surface area contributed by atoms with E-state index in [2.05, 4.69) is 10.3 Å². The number of hydrogen-bond acceptors (Lipinski definition) is 6. The van der Waals surface area contributed by atoms with Crippen LogP contribution in [0.3, 0.4) is 0 Å². The van der Waals surface area contributed by atoms with E-state index >= 15 is 0 Å². The molecule has 7 heteroatoms. The lowest BCUT2D eigenvalue weighted by atomic mass is 10.2. The summed E-state index contributed by atoms with van der Waals surface area (Å²) in [5.74, 6) is -1.52. The quantitative estimate of drug-likeness (QED) is 0.674. The maximum absolute atomic E-state index is 11.8. The number of carbonyl (C=O) groups is 3. The Balaban J connectivity index is 1.46. The Morgan fingerprint density at radius 3 is 2.33 bits per heavy atom. The summed E-state index contributed by atoms with van der Waals surface area (Å²) in [6.07, 6.45) is 1.22. The fourth-order valence-electron chi connectivity index (χ4n) is 2.27. The minimum absolute atomic E-state index is 0.143. The van der Waals surface area contributed by atoms with Gasteiger partial charge < -0.3 is 9.15 Å². The van der Waals surface area contributed by atoms with E-state index in [1.807, 2.05) is 30.3 Å². The summed E-state index contributed by atoms with van der Waals surface area (Å²) in [5.41, 5.74) is 1.52. The van der Waals surface area contributed by atoms with Crippen LogP contribution in [0, 0.1) is 0 Å². The molecule has 136 valence electrons. The molecule has 2 amide bonds. The second-order valence-corrected chi connectivity index (χ2v) is 5.59. The summed E-state index contributed by atoms with van der Waals surface area (Å²) in [7, 11) is 0. The van der Waals surface area contributed by atoms with Crippen molar-refractivity contribution in [3.63, 3.8) is 0 Å². The van der Waals surface area contributed by atoms with Gasteiger partial charge in [0.15, 0.2) is 6.61 Å². The fraction of sp³-hybridized carbons (Fsp3) is 0.100. The fourth-order valence-corrected chi connectivity index (χ4v) is 2.27. The van der Waals surface area contributed by atoms with Crippen LogP contribution in [0.2, 0.25) is 0 Å². The first kappa shape index (κ1) is 18.1. The van der Waals surface area contributed by atoms with Gasteiger partial charge in [0, 0.05) is 11.1 Å². The Hall–Kier alpha value is -3.74. The average molecular weight is 364 g/mol. The highest BCUT2D eigenvalue weighted by Crippen LogP contribution is 2.18. The third-order valence-corrected chi connectivity index (χ3v) is 3.55. The highest BCUT2D eigenvalue weighted by atomic mass is 16.5. The normalized spacial score (nSPS) is 10.2. The summed E-state index contributed by atoms with van der Waals surface area (Å²) in [6, 6.07) is 17.5. The van der Waals surface area contributed by atoms with Crippen molar-refractivity contribution in [3.8, 4) is 11.5 Å². The minimum atomic E-state index is -0.706. The summed E-state index contributed by atoms with van der Waals surface area (Å²) in [6.45, 7) is -0.555. The van der Waals surface area contributed by atoms with Crippen molar-refractivity contribution in [1.29, 1.82) is 0 Å². The lowest BCUT2D eigenvalue weighted by molar-refractivity contribution is -0.147. The molecular formula is C20H16N2O5. The molecule has 0 aliphatic rings. The minimum Gasteiger partial charge on any atom is -0.455 e. The molecule has 2 aromatic carbocycles. The molecule has 0 radical (unpaired) electrons. The smallest absolute Gasteiger partial charge is 0.312 e. The van der Waals surface area contributed by atoms with Gasteiger partial charge in [-0.2, -0.15) is 0 Å². The number of nitrogens with zero attached hydrogens (tertiary/aromatic N) is 1. The van der Waals surface area contributed by atoms with Gasteiger partial charge in [-0.15, -0.1) is 0 Å². The van der Waals surface area contributed by atoms with Crippen LogP contribution >= 0.6 is 0 Å². The standard InChI is InChI=1S/C20H16N2O5/c23-17(22-19(25)14-7-3-1-4-8-14)13-26-18(24)11-16-12-27-20(21-16)15-9-5-2-6-10-15/h1-10,12H,11,13H2,(H,22,23,25). The van der Waals surface area contributed by atoms with Crippen LogP contribution in [0.4, 0.5) is 0 Å². The Kier molecular flexibility index (Phi) is 5.73. The maximum Gasteiger partial charge on any atom is 0.312 e. The SMILES string of the molecule is O=C(COC(=O)Cc1coc(-c2ccccc2)n1)NC(=O)c1ccccc1. The van der Waals surface area contributed by atoms with E-state index in [9.17, 15) is 14.4 Å². The molecule has 0 aliphatic carbocycles. The van der Waals surface area contributed by atoms with Gasteiger partial charge in [-0.05, 0) is 24.3 Å². The molecular weight excluding hydrogens is 348 g/mol. The predicted molar refractivity (Wildman–Crippen MR) is 95.5 cm³/mol. The predicted octanol–water partition coefficient (Wildman–Crippen LogP) is 2.38. The van der Waals surface area contributed by atoms with Crippen molar-refractivity contribution in [1.82, 2.24) is 10.3 Å². The van der Waals surface area contributed by atoms with Crippen LogP contribution in [0.15, 0.2) is 71.3 Å². The van der Waals surface area contributed by atoms with Crippen LogP contribution in [0.25, 0.3) is 11.5 Å². The molecule has 1 heterocycles. The number of ether oxygens (including phenoxy) is 1. The van der Waals surface area contributed by atoms with Crippen molar-refractivity contribution in [3.05, 3.63) is 78.2 Å². The van der Waals surface area contributed by atoms with Gasteiger partial charge in [0.2, 0.25) is 5.89 Å². The summed E-state index contributed by atoms with van der Waals surface area (Å²) >= 11 is 0. The second-order valence-electron chi connectivity index (χ2n) is 5.59. The Morgan fingerprint density at radius 1 is 0.963 bits per heavy atom. The van der Waals surface area contributed by atoms with E-state index in [0.717, 1.165) is 5.56 Å². The topological polar surface area (TPSA) is 98.5 Å². The van der Waals surface area contributed by atoms with Gasteiger partial charge in [-0.25, -0.2) is 4.98 Å². The number of amides is 2. The molecule has 1 N–H and O–H groups in total. The van der Waals surface area contributed by atoms with Gasteiger partial charge >= 0.3 is 5.97 Å². The molecule has 0 bridgehead atoms. The molecule has 0 saturated heterocycles. The van der Waals surface area contributed by atoms with Gasteiger partial charge in [0.05, 0.1) is 12.1 Å². The van der Waals surface area contributed by atoms with Gasteiger partial charge in [0.1, 0.15) is 6.26 Å². The van der Waals surface area contributed by atoms with E-state index in [4.69, 9.17) is 9.15 Å². The van der Waals surface area contributed by atoms with Crippen molar-refractivity contribution in [2.75, 3.05) is 6.61 Å². The molecule has 0 unspecified atom stereocenters. The first-order valence-corrected chi connectivity index (χ1v) is 8.16. The number of hydrogen-bond donors (Lipinski definition) is 1. The van der Waals surface area contributed by atoms with Gasteiger partial charge in [-0.1, -0.05) is 36.4 Å².